The summed E-state index contributed by atoms with van der Waals surface area (Å²) in [6, 6.07) is 6.72. The smallest absolute Gasteiger partial charge is 0.334 e. The maximum atomic E-state index is 11.5. The van der Waals surface area contributed by atoms with Crippen LogP contribution in [0, 0.1) is 0 Å². The molecule has 0 saturated heterocycles. The van der Waals surface area contributed by atoms with Gasteiger partial charge < -0.3 is 14.7 Å². The largest absolute Gasteiger partial charge is 0.497 e. The zero-order chi connectivity index (χ0) is 13.8. The molecule has 0 fully saturated rings. The number of likely N-dealkylation sites (N-methyl/N-ethyl adjacent to an activating group) is 1. The van der Waals surface area contributed by atoms with Gasteiger partial charge in [-0.1, -0.05) is 12.1 Å². The lowest BCUT2D eigenvalue weighted by molar-refractivity contribution is -0.154. The SMILES string of the molecule is CCN(C=O)C(C)(C(=O)O)c1cccc(OC)c1. The molecule has 1 rings (SSSR count). The molecule has 0 aliphatic rings. The summed E-state index contributed by atoms with van der Waals surface area (Å²) in [5.74, 6) is -0.522. The van der Waals surface area contributed by atoms with E-state index in [-0.39, 0.29) is 0 Å². The van der Waals surface area contributed by atoms with Gasteiger partial charge >= 0.3 is 5.97 Å². The number of carbonyl (C=O) groups is 2. The molecule has 1 unspecified atom stereocenters. The number of amides is 1. The molecule has 1 atom stereocenters. The van der Waals surface area contributed by atoms with E-state index in [1.54, 1.807) is 31.2 Å². The highest BCUT2D eigenvalue weighted by Crippen LogP contribution is 2.30. The van der Waals surface area contributed by atoms with Crippen molar-refractivity contribution < 1.29 is 19.4 Å². The second-order valence-electron chi connectivity index (χ2n) is 4.00. The van der Waals surface area contributed by atoms with Gasteiger partial charge in [0, 0.05) is 6.54 Å². The number of nitrogens with zero attached hydrogens (tertiary/aromatic N) is 1. The number of hydrogen-bond donors (Lipinski definition) is 1. The van der Waals surface area contributed by atoms with Gasteiger partial charge in [0.2, 0.25) is 6.41 Å². The Bertz CT molecular complexity index is 446. The van der Waals surface area contributed by atoms with E-state index in [9.17, 15) is 14.7 Å². The summed E-state index contributed by atoms with van der Waals surface area (Å²) in [7, 11) is 1.51. The standard InChI is InChI=1S/C13H17NO4/c1-4-14(9-15)13(2,12(16)17)10-6-5-7-11(8-10)18-3/h5-9H,4H2,1-3H3,(H,16,17). The van der Waals surface area contributed by atoms with Crippen molar-refractivity contribution in [2.75, 3.05) is 13.7 Å². The highest BCUT2D eigenvalue weighted by atomic mass is 16.5. The third kappa shape index (κ3) is 2.30. The fraction of sp³-hybridized carbons (Fsp3) is 0.385. The predicted molar refractivity (Wildman–Crippen MR) is 66.4 cm³/mol. The minimum Gasteiger partial charge on any atom is -0.497 e. The van der Waals surface area contributed by atoms with Crippen LogP contribution < -0.4 is 4.74 Å². The van der Waals surface area contributed by atoms with Gasteiger partial charge in [0.05, 0.1) is 7.11 Å². The van der Waals surface area contributed by atoms with Crippen molar-refractivity contribution >= 4 is 12.4 Å². The molecule has 0 spiro atoms. The average Bonchev–Trinajstić information content (AvgIpc) is 2.39. The van der Waals surface area contributed by atoms with Crippen molar-refractivity contribution in [3.8, 4) is 5.75 Å². The number of benzene rings is 1. The van der Waals surface area contributed by atoms with E-state index in [0.717, 1.165) is 0 Å². The van der Waals surface area contributed by atoms with Crippen molar-refractivity contribution in [1.29, 1.82) is 0 Å². The molecule has 5 heteroatoms. The van der Waals surface area contributed by atoms with E-state index in [1.807, 2.05) is 0 Å². The van der Waals surface area contributed by atoms with Crippen LogP contribution in [0.3, 0.4) is 0 Å². The van der Waals surface area contributed by atoms with Gasteiger partial charge in [-0.25, -0.2) is 4.79 Å². The molecule has 0 heterocycles. The number of methoxy groups -OCH3 is 1. The quantitative estimate of drug-likeness (QED) is 0.777. The van der Waals surface area contributed by atoms with Crippen LogP contribution in [-0.2, 0) is 15.1 Å². The number of carboxylic acids is 1. The first-order valence-electron chi connectivity index (χ1n) is 5.60. The number of hydrogen-bond acceptors (Lipinski definition) is 3. The van der Waals surface area contributed by atoms with Crippen LogP contribution >= 0.6 is 0 Å². The van der Waals surface area contributed by atoms with Crippen LogP contribution in [0.15, 0.2) is 24.3 Å². The Morgan fingerprint density at radius 1 is 1.56 bits per heavy atom. The zero-order valence-corrected chi connectivity index (χ0v) is 10.7. The van der Waals surface area contributed by atoms with E-state index in [2.05, 4.69) is 0 Å². The molecule has 1 N–H and O–H groups in total. The monoisotopic (exact) mass is 251 g/mol. The highest BCUT2D eigenvalue weighted by molar-refractivity contribution is 5.83. The van der Waals surface area contributed by atoms with E-state index in [4.69, 9.17) is 4.74 Å². The van der Waals surface area contributed by atoms with Crippen LogP contribution in [0.4, 0.5) is 0 Å². The first-order chi connectivity index (χ1) is 8.50. The Labute approximate surface area is 106 Å². The van der Waals surface area contributed by atoms with Gasteiger partial charge in [-0.3, -0.25) is 4.79 Å². The van der Waals surface area contributed by atoms with Crippen LogP contribution in [-0.4, -0.2) is 36.0 Å². The average molecular weight is 251 g/mol. The summed E-state index contributed by atoms with van der Waals surface area (Å²) in [4.78, 5) is 23.8. The molecule has 1 aromatic rings. The molecule has 0 bridgehead atoms. The number of rotatable bonds is 6. The molecule has 98 valence electrons. The van der Waals surface area contributed by atoms with Crippen molar-refractivity contribution in [2.45, 2.75) is 19.4 Å². The van der Waals surface area contributed by atoms with Gasteiger partial charge in [-0.15, -0.1) is 0 Å². The number of carboxylic acid groups (broad SMARTS) is 1. The second-order valence-corrected chi connectivity index (χ2v) is 4.00. The minimum atomic E-state index is -1.40. The molecular formula is C13H17NO4. The molecular weight excluding hydrogens is 234 g/mol. The Morgan fingerprint density at radius 2 is 2.22 bits per heavy atom. The molecule has 0 aliphatic heterocycles. The Balaban J connectivity index is 3.34. The van der Waals surface area contributed by atoms with E-state index in [1.165, 1.54) is 18.9 Å². The third-order valence-corrected chi connectivity index (χ3v) is 3.09. The summed E-state index contributed by atoms with van der Waals surface area (Å²) < 4.78 is 5.08. The summed E-state index contributed by atoms with van der Waals surface area (Å²) in [6.07, 6.45) is 0.549. The van der Waals surface area contributed by atoms with E-state index >= 15 is 0 Å². The first-order valence-corrected chi connectivity index (χ1v) is 5.60. The van der Waals surface area contributed by atoms with Crippen molar-refractivity contribution in [3.05, 3.63) is 29.8 Å². The van der Waals surface area contributed by atoms with Crippen LogP contribution in [0.5, 0.6) is 5.75 Å². The first kappa shape index (κ1) is 14.0. The lowest BCUT2D eigenvalue weighted by Crippen LogP contribution is -2.49. The fourth-order valence-electron chi connectivity index (χ4n) is 1.83. The van der Waals surface area contributed by atoms with Crippen LogP contribution in [0.2, 0.25) is 0 Å². The Kier molecular flexibility index (Phi) is 4.31. The fourth-order valence-corrected chi connectivity index (χ4v) is 1.83. The molecule has 0 aliphatic carbocycles. The summed E-state index contributed by atoms with van der Waals surface area (Å²) in [6.45, 7) is 3.54. The van der Waals surface area contributed by atoms with E-state index < -0.39 is 11.5 Å². The van der Waals surface area contributed by atoms with E-state index in [0.29, 0.717) is 24.3 Å². The molecule has 0 radical (unpaired) electrons. The third-order valence-electron chi connectivity index (χ3n) is 3.09. The van der Waals surface area contributed by atoms with Gasteiger partial charge in [0.25, 0.3) is 0 Å². The van der Waals surface area contributed by atoms with Crippen LogP contribution in [0.1, 0.15) is 19.4 Å². The molecule has 1 aromatic carbocycles. The lowest BCUT2D eigenvalue weighted by Gasteiger charge is -2.34. The van der Waals surface area contributed by atoms with Gasteiger partial charge in [0.15, 0.2) is 5.54 Å². The molecule has 0 saturated carbocycles. The molecule has 0 aromatic heterocycles. The maximum absolute atomic E-state index is 11.5. The minimum absolute atomic E-state index is 0.309. The van der Waals surface area contributed by atoms with Gasteiger partial charge in [0.1, 0.15) is 5.75 Å². The number of ether oxygens (including phenoxy) is 1. The summed E-state index contributed by atoms with van der Waals surface area (Å²) in [5, 5.41) is 9.44. The summed E-state index contributed by atoms with van der Waals surface area (Å²) in [5.41, 5.74) is -0.895. The van der Waals surface area contributed by atoms with Crippen molar-refractivity contribution in [1.82, 2.24) is 4.90 Å². The Hall–Kier alpha value is -2.04. The summed E-state index contributed by atoms with van der Waals surface area (Å²) >= 11 is 0. The number of aliphatic carboxylic acids is 1. The Morgan fingerprint density at radius 3 is 2.67 bits per heavy atom. The molecule has 18 heavy (non-hydrogen) atoms. The van der Waals surface area contributed by atoms with Crippen molar-refractivity contribution in [3.63, 3.8) is 0 Å². The normalized spacial score (nSPS) is 13.5. The topological polar surface area (TPSA) is 66.8 Å². The number of carbonyl (C=O) groups excluding carboxylic acids is 1. The van der Waals surface area contributed by atoms with Gasteiger partial charge in [-0.05, 0) is 31.5 Å². The zero-order valence-electron chi connectivity index (χ0n) is 10.7. The maximum Gasteiger partial charge on any atom is 0.334 e. The highest BCUT2D eigenvalue weighted by Gasteiger charge is 2.40. The molecule has 1 amide bonds. The van der Waals surface area contributed by atoms with Gasteiger partial charge in [-0.2, -0.15) is 0 Å². The van der Waals surface area contributed by atoms with Crippen molar-refractivity contribution in [2.24, 2.45) is 0 Å². The lowest BCUT2D eigenvalue weighted by atomic mass is 9.90. The predicted octanol–water partition coefficient (Wildman–Crippen LogP) is 1.47. The second kappa shape index (κ2) is 5.53. The van der Waals surface area contributed by atoms with Crippen LogP contribution in [0.25, 0.3) is 0 Å². The molecule has 5 nitrogen and oxygen atoms in total.